The first-order valence-electron chi connectivity index (χ1n) is 21.0. The van der Waals surface area contributed by atoms with Gasteiger partial charge in [0.1, 0.15) is 5.58 Å². The first-order valence-corrected chi connectivity index (χ1v) is 21.0. The van der Waals surface area contributed by atoms with E-state index in [1.54, 1.807) is 0 Å². The average molecular weight is 778 g/mol. The molecule has 0 amide bonds. The molecule has 0 N–H and O–H groups in total. The molecule has 12 rings (SSSR count). The lowest BCUT2D eigenvalue weighted by molar-refractivity contribution is 0.666. The van der Waals surface area contributed by atoms with Crippen LogP contribution in [0.1, 0.15) is 5.56 Å². The van der Waals surface area contributed by atoms with Gasteiger partial charge >= 0.3 is 0 Å². The number of benzene rings is 11. The fourth-order valence-corrected chi connectivity index (χ4v) is 9.43. The van der Waals surface area contributed by atoms with E-state index in [0.29, 0.717) is 0 Å². The monoisotopic (exact) mass is 777 g/mol. The van der Waals surface area contributed by atoms with Gasteiger partial charge in [0.25, 0.3) is 0 Å². The molecule has 11 aromatic carbocycles. The van der Waals surface area contributed by atoms with Gasteiger partial charge in [0.15, 0.2) is 5.58 Å². The number of furan rings is 1. The topological polar surface area (TPSA) is 16.4 Å². The van der Waals surface area contributed by atoms with Crippen LogP contribution in [0.4, 0.5) is 17.1 Å². The molecule has 0 aliphatic rings. The lowest BCUT2D eigenvalue weighted by Crippen LogP contribution is -2.11. The lowest BCUT2D eigenvalue weighted by Gasteiger charge is -2.28. The Labute approximate surface area is 354 Å². The molecule has 2 heteroatoms. The first kappa shape index (κ1) is 35.0. The van der Waals surface area contributed by atoms with Gasteiger partial charge in [0.2, 0.25) is 0 Å². The Balaban J connectivity index is 0.989. The molecule has 0 unspecified atom stereocenters. The molecule has 61 heavy (non-hydrogen) atoms. The summed E-state index contributed by atoms with van der Waals surface area (Å²) in [7, 11) is 0. The van der Waals surface area contributed by atoms with Crippen LogP contribution < -0.4 is 4.90 Å². The predicted octanol–water partition coefficient (Wildman–Crippen LogP) is 17.0. The summed E-state index contributed by atoms with van der Waals surface area (Å²) in [5.74, 6) is 0. The van der Waals surface area contributed by atoms with Crippen LogP contribution in [-0.4, -0.2) is 0 Å². The fourth-order valence-electron chi connectivity index (χ4n) is 9.43. The molecule has 0 saturated heterocycles. The number of hydrogen-bond donors (Lipinski definition) is 0. The average Bonchev–Trinajstić information content (AvgIpc) is 3.73. The van der Waals surface area contributed by atoms with Crippen LogP contribution in [0.3, 0.4) is 0 Å². The zero-order chi connectivity index (χ0) is 40.4. The highest BCUT2D eigenvalue weighted by Gasteiger charge is 2.23. The summed E-state index contributed by atoms with van der Waals surface area (Å²) in [6, 6.07) is 79.4. The van der Waals surface area contributed by atoms with E-state index in [1.165, 1.54) is 59.8 Å². The predicted molar refractivity (Wildman–Crippen MR) is 259 cm³/mol. The van der Waals surface area contributed by atoms with E-state index in [-0.39, 0.29) is 0 Å². The van der Waals surface area contributed by atoms with Crippen molar-refractivity contribution < 1.29 is 4.42 Å². The summed E-state index contributed by atoms with van der Waals surface area (Å²) in [4.78, 5) is 2.38. The number of rotatable bonds is 6. The third-order valence-corrected chi connectivity index (χ3v) is 12.5. The van der Waals surface area contributed by atoms with Gasteiger partial charge in [0.05, 0.1) is 11.4 Å². The molecule has 286 valence electrons. The second-order valence-electron chi connectivity index (χ2n) is 16.2. The van der Waals surface area contributed by atoms with Crippen LogP contribution in [0, 0.1) is 6.92 Å². The standard InChI is InChI=1S/C59H39NO/c1-38-33-49-15-6-7-17-53(49)57-54-18-10-20-56(59(54)61-58(38)57)60(55-19-9-8-16-52(55)50-28-22-40-12-3-5-14-43(40)37-50)51-31-29-41(30-32-51)44-24-25-47-36-48(27-26-46(47)35-44)45-23-21-39-11-2-4-13-42(39)34-45/h2-37H,1H3. The molecule has 0 atom stereocenters. The molecule has 0 radical (unpaired) electrons. The summed E-state index contributed by atoms with van der Waals surface area (Å²) < 4.78 is 7.00. The summed E-state index contributed by atoms with van der Waals surface area (Å²) in [6.45, 7) is 2.15. The fraction of sp³-hybridized carbons (Fsp3) is 0.0169. The molecule has 0 bridgehead atoms. The van der Waals surface area contributed by atoms with Crippen LogP contribution in [-0.2, 0) is 0 Å². The van der Waals surface area contributed by atoms with Gasteiger partial charge in [-0.1, -0.05) is 164 Å². The quantitative estimate of drug-likeness (QED) is 0.167. The van der Waals surface area contributed by atoms with Gasteiger partial charge in [-0.25, -0.2) is 0 Å². The molecule has 0 saturated carbocycles. The van der Waals surface area contributed by atoms with Crippen LogP contribution in [0.25, 0.3) is 98.4 Å². The Morgan fingerprint density at radius 3 is 1.49 bits per heavy atom. The van der Waals surface area contributed by atoms with E-state index in [1.807, 2.05) is 0 Å². The zero-order valence-electron chi connectivity index (χ0n) is 33.6. The minimum absolute atomic E-state index is 0.868. The lowest BCUT2D eigenvalue weighted by atomic mass is 9.96. The van der Waals surface area contributed by atoms with Crippen molar-refractivity contribution in [1.29, 1.82) is 0 Å². The van der Waals surface area contributed by atoms with Crippen molar-refractivity contribution in [2.75, 3.05) is 4.90 Å². The molecular weight excluding hydrogens is 739 g/mol. The smallest absolute Gasteiger partial charge is 0.159 e. The normalized spacial score (nSPS) is 11.7. The Morgan fingerprint density at radius 1 is 0.328 bits per heavy atom. The first-order chi connectivity index (χ1) is 30.1. The van der Waals surface area contributed by atoms with E-state index in [0.717, 1.165) is 61.3 Å². The van der Waals surface area contributed by atoms with Gasteiger partial charge in [-0.15, -0.1) is 0 Å². The van der Waals surface area contributed by atoms with Gasteiger partial charge in [0, 0.05) is 22.0 Å². The third-order valence-electron chi connectivity index (χ3n) is 12.5. The SMILES string of the molecule is Cc1cc2ccccc2c2c1oc1c(N(c3ccc(-c4ccc5cc(-c6ccc7ccccc7c6)ccc5c4)cc3)c3ccccc3-c3ccc4ccccc4c3)cccc12. The minimum atomic E-state index is 0.868. The van der Waals surface area contributed by atoms with Crippen molar-refractivity contribution in [2.45, 2.75) is 6.92 Å². The number of aryl methyl sites for hydroxylation is 1. The molecule has 12 aromatic rings. The van der Waals surface area contributed by atoms with Crippen LogP contribution in [0.2, 0.25) is 0 Å². The molecule has 0 spiro atoms. The van der Waals surface area contributed by atoms with Crippen molar-refractivity contribution >= 4 is 82.1 Å². The van der Waals surface area contributed by atoms with E-state index < -0.39 is 0 Å². The largest absolute Gasteiger partial charge is 0.454 e. The molecule has 1 heterocycles. The second-order valence-corrected chi connectivity index (χ2v) is 16.2. The van der Waals surface area contributed by atoms with Gasteiger partial charge in [-0.3, -0.25) is 0 Å². The maximum absolute atomic E-state index is 7.00. The van der Waals surface area contributed by atoms with Gasteiger partial charge in [-0.05, 0) is 138 Å². The summed E-state index contributed by atoms with van der Waals surface area (Å²) >= 11 is 0. The Kier molecular flexibility index (Phi) is 8.11. The number of fused-ring (bicyclic) bond motifs is 8. The maximum Gasteiger partial charge on any atom is 0.159 e. The third kappa shape index (κ3) is 5.95. The molecule has 2 nitrogen and oxygen atoms in total. The van der Waals surface area contributed by atoms with E-state index in [9.17, 15) is 0 Å². The molecule has 0 aliphatic carbocycles. The zero-order valence-corrected chi connectivity index (χ0v) is 33.6. The Morgan fingerprint density at radius 2 is 0.803 bits per heavy atom. The van der Waals surface area contributed by atoms with E-state index in [4.69, 9.17) is 4.42 Å². The Hall–Kier alpha value is -7.94. The highest BCUT2D eigenvalue weighted by Crippen LogP contribution is 2.47. The van der Waals surface area contributed by atoms with Crippen LogP contribution >= 0.6 is 0 Å². The second kappa shape index (κ2) is 14.1. The highest BCUT2D eigenvalue weighted by molar-refractivity contribution is 6.22. The van der Waals surface area contributed by atoms with Crippen molar-refractivity contribution in [3.05, 3.63) is 224 Å². The highest BCUT2D eigenvalue weighted by atomic mass is 16.3. The summed E-state index contributed by atoms with van der Waals surface area (Å²) in [5, 5.41) is 12.1. The molecule has 0 aliphatic heterocycles. The van der Waals surface area contributed by atoms with Crippen LogP contribution in [0.15, 0.2) is 223 Å². The van der Waals surface area contributed by atoms with Gasteiger partial charge in [-0.2, -0.15) is 0 Å². The van der Waals surface area contributed by atoms with Crippen molar-refractivity contribution in [3.8, 4) is 33.4 Å². The van der Waals surface area contributed by atoms with Gasteiger partial charge < -0.3 is 9.32 Å². The molecule has 1 aromatic heterocycles. The Bertz CT molecular complexity index is 3670. The number of hydrogen-bond acceptors (Lipinski definition) is 2. The summed E-state index contributed by atoms with van der Waals surface area (Å²) in [6.07, 6.45) is 0. The number of nitrogens with zero attached hydrogens (tertiary/aromatic N) is 1. The maximum atomic E-state index is 7.00. The molecule has 0 fully saturated rings. The van der Waals surface area contributed by atoms with Crippen molar-refractivity contribution in [3.63, 3.8) is 0 Å². The number of anilines is 3. The molecular formula is C59H39NO. The van der Waals surface area contributed by atoms with E-state index in [2.05, 4.69) is 230 Å². The van der Waals surface area contributed by atoms with Crippen LogP contribution in [0.5, 0.6) is 0 Å². The minimum Gasteiger partial charge on any atom is -0.454 e. The number of para-hydroxylation sites is 2. The van der Waals surface area contributed by atoms with Crippen molar-refractivity contribution in [1.82, 2.24) is 0 Å². The van der Waals surface area contributed by atoms with E-state index >= 15 is 0 Å². The van der Waals surface area contributed by atoms with Crippen molar-refractivity contribution in [2.24, 2.45) is 0 Å². The summed E-state index contributed by atoms with van der Waals surface area (Å²) in [5.41, 5.74) is 13.1.